The normalized spacial score (nSPS) is 33.5. The number of nitrogens with zero attached hydrogens (tertiary/aromatic N) is 20. The van der Waals surface area contributed by atoms with Gasteiger partial charge in [-0.2, -0.15) is 0 Å². The summed E-state index contributed by atoms with van der Waals surface area (Å²) in [5.41, 5.74) is 15.7. The first-order valence-corrected chi connectivity index (χ1v) is 42.8. The summed E-state index contributed by atoms with van der Waals surface area (Å²) in [4.78, 5) is 87.6. The number of aliphatic hydroxyl groups excluding tert-OH is 6. The average molecular weight is 1770 g/mol. The standard InChI is InChI=1S/C21H29N5O5.C17H23N5O3.C16H23N5O5.C16H21N5O4.C11H15N5O4/c1-19(2,3)17(28)25-15-13-16(23-10-22-15)26(11-24-13)18-20(4)14(12(9-27)29-18)30-21(31-20)7-5-6-8-21;1-3-10-12-16(2,25-17(24-12)6-4-5-7-17)15(23-10)22-9-21-11-13(18)19-8-20-14(11)22;1-15(2,3)13(24)20-11-9-12(18-6-17-11)21(7-19-9)14-16(4,25)10(23)8(5-22)26-14;1-15-11(24-16(25-15)4-2-3-5-16)9(6-22)23-14(15)21-8-20-10-12(17)18-7-19-13(10)21;1-11(19)7(18)5(2-17)20-10(11)16-4-15-6-8(12)13-3-14-9(6)16/h10-12,14,18,27H,5-9H2,1-4H3,(H,22,23,25,28);8-10,12,15H,3-7H2,1-2H3,(H2,18,19,20);6-8,10,14,22-23,25H,5H2,1-4H3,(H,17,18,20,24);7-9,11,14,22H,2-6H2,1H3,(H2,17,18,19);3-5,7,10,17-19H,2H2,1H3,(H2,12,13,14)/t12-,14-,18-,20-;10-,12-,15-,16-;8-,10-,14-,16-;9-,11-,14-,15-;5-,7-,10-,11-/m11111/s1. The lowest BCUT2D eigenvalue weighted by molar-refractivity contribution is -0.232. The lowest BCUT2D eigenvalue weighted by atomic mass is 9.95. The highest BCUT2D eigenvalue weighted by atomic mass is 16.8. The smallest absolute Gasteiger partial charge is 0.230 e. The van der Waals surface area contributed by atoms with Crippen molar-refractivity contribution in [1.29, 1.82) is 0 Å². The Morgan fingerprint density at radius 3 is 0.913 bits per heavy atom. The van der Waals surface area contributed by atoms with E-state index < -0.39 is 137 Å². The zero-order valence-electron chi connectivity index (χ0n) is 72.5. The molecule has 127 heavy (non-hydrogen) atoms. The number of carbonyl (C=O) groups is 2. The van der Waals surface area contributed by atoms with Gasteiger partial charge >= 0.3 is 0 Å². The topological polar surface area (TPSA) is 618 Å². The van der Waals surface area contributed by atoms with Gasteiger partial charge < -0.3 is 121 Å². The molecule has 3 spiro atoms. The molecule has 686 valence electrons. The van der Waals surface area contributed by atoms with E-state index in [1.807, 2.05) is 39.2 Å². The van der Waals surface area contributed by atoms with Crippen molar-refractivity contribution in [2.45, 2.75) is 304 Å². The molecule has 8 aliphatic heterocycles. The Bertz CT molecular complexity index is 5570. The molecule has 0 radical (unpaired) electrons. The Kier molecular flexibility index (Phi) is 23.3. The highest BCUT2D eigenvalue weighted by Gasteiger charge is 2.70. The number of rotatable bonds is 12. The zero-order chi connectivity index (χ0) is 90.3. The molecule has 0 aromatic carbocycles. The summed E-state index contributed by atoms with van der Waals surface area (Å²) in [6.45, 7) is 20.6. The molecule has 2 amide bonds. The largest absolute Gasteiger partial charge is 0.394 e. The number of carbonyl (C=O) groups excluding carboxylic acids is 2. The van der Waals surface area contributed by atoms with Crippen molar-refractivity contribution in [1.82, 2.24) is 97.6 Å². The minimum atomic E-state index is -1.67. The first-order valence-electron chi connectivity index (χ1n) is 42.8. The fraction of sp³-hybridized carbons (Fsp3) is 0.667. The van der Waals surface area contributed by atoms with E-state index in [0.29, 0.717) is 73.3 Å². The molecule has 10 aromatic rings. The van der Waals surface area contributed by atoms with E-state index in [1.54, 1.807) is 48.9 Å². The molecular formula is C81H111N25O21. The SMILES string of the molecule is CC(C)(C)C(=O)Nc1ncnc2c1ncn2[C@@H]1O[C@H](CO)[C@@H](O)[C@@]1(C)O.CC(C)(C)C(=O)Nc1ncnc2c1ncn2[C@@H]1O[C@H](CO)[C@H]2OC3(CCCC3)O[C@]21C.CC[C@H]1O[C@@H](n2cnc3c(N)ncnc32)[C@]2(C)OC3(CCCC3)O[C@H]12.C[C@@]1(O)[C@H](O)[C@@H](CO)O[C@H]1n1cnc2c(N)ncnc21.C[C@@]12OC3(CCCC3)O[C@@H]1[C@@H](CO)O[C@H]2n1cnc2c(N)ncnc21. The third-order valence-corrected chi connectivity index (χ3v) is 26.0. The maximum absolute atomic E-state index is 12.5. The van der Waals surface area contributed by atoms with Gasteiger partial charge in [-0.25, -0.2) is 74.8 Å². The van der Waals surface area contributed by atoms with Gasteiger partial charge in [0.1, 0.15) is 131 Å². The van der Waals surface area contributed by atoms with Crippen molar-refractivity contribution >= 4 is 96.7 Å². The van der Waals surface area contributed by atoms with Gasteiger partial charge in [0.15, 0.2) is 117 Å². The summed E-state index contributed by atoms with van der Waals surface area (Å²) >= 11 is 0. The minimum absolute atomic E-state index is 0.0217. The molecule has 46 nitrogen and oxygen atoms in total. The lowest BCUT2D eigenvalue weighted by Crippen LogP contribution is -2.44. The van der Waals surface area contributed by atoms with E-state index in [-0.39, 0.29) is 61.2 Å². The first kappa shape index (κ1) is 89.3. The van der Waals surface area contributed by atoms with Crippen molar-refractivity contribution in [2.24, 2.45) is 10.8 Å². The summed E-state index contributed by atoms with van der Waals surface area (Å²) in [6.07, 6.45) is 17.6. The fourth-order valence-electron chi connectivity index (χ4n) is 19.3. The zero-order valence-corrected chi connectivity index (χ0v) is 72.5. The van der Waals surface area contributed by atoms with Crippen LogP contribution in [0.15, 0.2) is 63.3 Å². The third kappa shape index (κ3) is 15.3. The number of aromatic nitrogens is 20. The number of nitrogens with two attached hydrogens (primary N) is 3. The van der Waals surface area contributed by atoms with Gasteiger partial charge in [0, 0.05) is 49.4 Å². The Morgan fingerprint density at radius 2 is 0.638 bits per heavy atom. The van der Waals surface area contributed by atoms with Crippen LogP contribution >= 0.6 is 0 Å². The third-order valence-electron chi connectivity index (χ3n) is 26.0. The van der Waals surface area contributed by atoms with Crippen molar-refractivity contribution in [3.05, 3.63) is 63.3 Å². The van der Waals surface area contributed by atoms with Gasteiger partial charge in [-0.3, -0.25) is 32.4 Å². The van der Waals surface area contributed by atoms with Gasteiger partial charge in [0.05, 0.1) is 64.2 Å². The second kappa shape index (κ2) is 33.1. The molecule has 21 rings (SSSR count). The Balaban J connectivity index is 0.000000112. The van der Waals surface area contributed by atoms with Crippen LogP contribution in [0.4, 0.5) is 29.1 Å². The quantitative estimate of drug-likeness (QED) is 0.0834. The maximum atomic E-state index is 12.5. The summed E-state index contributed by atoms with van der Waals surface area (Å²) in [5.74, 6) is -0.558. The first-order chi connectivity index (χ1) is 60.3. The van der Waals surface area contributed by atoms with Crippen LogP contribution in [0.5, 0.6) is 0 Å². The molecular weight excluding hydrogens is 1660 g/mol. The number of imidazole rings is 5. The molecule has 3 saturated carbocycles. The maximum Gasteiger partial charge on any atom is 0.230 e. The molecule has 11 fully saturated rings. The van der Waals surface area contributed by atoms with E-state index in [9.17, 15) is 50.4 Å². The van der Waals surface area contributed by atoms with Crippen molar-refractivity contribution in [3.63, 3.8) is 0 Å². The van der Waals surface area contributed by atoms with Crippen molar-refractivity contribution in [3.8, 4) is 0 Å². The van der Waals surface area contributed by atoms with Gasteiger partial charge in [0.2, 0.25) is 11.8 Å². The van der Waals surface area contributed by atoms with E-state index in [1.165, 1.54) is 67.3 Å². The lowest BCUT2D eigenvalue weighted by Gasteiger charge is -2.31. The molecule has 46 heteroatoms. The second-order valence-corrected chi connectivity index (χ2v) is 37.2. The van der Waals surface area contributed by atoms with E-state index in [2.05, 4.69) is 99.2 Å². The number of amides is 2. The molecule has 0 bridgehead atoms. The van der Waals surface area contributed by atoms with Crippen LogP contribution in [-0.2, 0) is 61.7 Å². The van der Waals surface area contributed by atoms with Gasteiger partial charge in [-0.1, -0.05) is 48.5 Å². The van der Waals surface area contributed by atoms with Crippen molar-refractivity contribution in [2.75, 3.05) is 54.3 Å². The number of aliphatic hydroxyl groups is 8. The highest BCUT2D eigenvalue weighted by Crippen LogP contribution is 2.60. The summed E-state index contributed by atoms with van der Waals surface area (Å²) in [5, 5.41) is 85.0. The van der Waals surface area contributed by atoms with Crippen LogP contribution in [-0.4, -0.2) is 283 Å². The van der Waals surface area contributed by atoms with Gasteiger partial charge in [-0.05, 0) is 79.6 Å². The summed E-state index contributed by atoms with van der Waals surface area (Å²) < 4.78 is 76.9. The van der Waals surface area contributed by atoms with Crippen LogP contribution in [0.25, 0.3) is 55.8 Å². The number of nitrogen functional groups attached to an aromatic ring is 3. The predicted molar refractivity (Wildman–Crippen MR) is 444 cm³/mol. The Morgan fingerprint density at radius 1 is 0.386 bits per heavy atom. The molecule has 3 aliphatic carbocycles. The Labute approximate surface area is 726 Å². The van der Waals surface area contributed by atoms with Gasteiger partial charge in [-0.15, -0.1) is 0 Å². The van der Waals surface area contributed by atoms with Crippen LogP contribution < -0.4 is 27.8 Å². The van der Waals surface area contributed by atoms with Crippen molar-refractivity contribution < 1.29 is 103 Å². The number of hydrogen-bond donors (Lipinski definition) is 13. The molecule has 10 aromatic heterocycles. The number of fused-ring (bicyclic) bond motifs is 8. The molecule has 20 atom stereocenters. The number of anilines is 5. The van der Waals surface area contributed by atoms with Crippen LogP contribution in [0.3, 0.4) is 0 Å². The summed E-state index contributed by atoms with van der Waals surface area (Å²) in [6, 6.07) is 0. The van der Waals surface area contributed by atoms with E-state index >= 15 is 0 Å². The monoisotopic (exact) mass is 1770 g/mol. The second-order valence-electron chi connectivity index (χ2n) is 37.2. The number of nitrogens with one attached hydrogen (secondary N) is 2. The predicted octanol–water partition coefficient (Wildman–Crippen LogP) is 3.27. The average Bonchev–Trinajstić information content (AvgIpc) is 1.55. The Hall–Kier alpha value is -9.67. The van der Waals surface area contributed by atoms with E-state index in [4.69, 9.17) is 69.3 Å². The summed E-state index contributed by atoms with van der Waals surface area (Å²) in [7, 11) is 0. The molecule has 18 heterocycles. The minimum Gasteiger partial charge on any atom is -0.394 e. The van der Waals surface area contributed by atoms with Crippen LogP contribution in [0.2, 0.25) is 0 Å². The number of ether oxygens (including phenoxy) is 11. The molecule has 11 aliphatic rings. The number of hydrogen-bond acceptors (Lipinski definition) is 39. The van der Waals surface area contributed by atoms with Crippen LogP contribution in [0.1, 0.15) is 198 Å². The van der Waals surface area contributed by atoms with Crippen LogP contribution in [0, 0.1) is 10.8 Å². The molecule has 8 saturated heterocycles. The molecule has 16 N–H and O–H groups in total. The molecule has 0 unspecified atom stereocenters. The fourth-order valence-corrected chi connectivity index (χ4v) is 19.3. The van der Waals surface area contributed by atoms with Gasteiger partial charge in [0.25, 0.3) is 0 Å². The van der Waals surface area contributed by atoms with E-state index in [0.717, 1.165) is 83.5 Å². The highest BCUT2D eigenvalue weighted by molar-refractivity contribution is 6.00.